The molecular formula is C20H23IN4O3. The van der Waals surface area contributed by atoms with Crippen LogP contribution in [0.1, 0.15) is 23.5 Å². The average Bonchev–Trinajstić information content (AvgIpc) is 3.15. The number of hydrogen-bond acceptors (Lipinski definition) is 4. The largest absolute Gasteiger partial charge is 0.454 e. The molecule has 0 saturated carbocycles. The van der Waals surface area contributed by atoms with Crippen molar-refractivity contribution >= 4 is 41.5 Å². The fourth-order valence-electron chi connectivity index (χ4n) is 3.36. The number of hydrogen-bond donors (Lipinski definition) is 3. The molecule has 0 bridgehead atoms. The zero-order chi connectivity index (χ0) is 18.6. The number of benzene rings is 2. The molecule has 2 aliphatic heterocycles. The third-order valence-corrected chi connectivity index (χ3v) is 4.74. The first-order chi connectivity index (χ1) is 13.2. The highest BCUT2D eigenvalue weighted by atomic mass is 127. The van der Waals surface area contributed by atoms with Gasteiger partial charge in [-0.15, -0.1) is 24.0 Å². The lowest BCUT2D eigenvalue weighted by Crippen LogP contribution is -2.40. The van der Waals surface area contributed by atoms with Crippen molar-refractivity contribution in [1.82, 2.24) is 10.6 Å². The Hall–Kier alpha value is -2.49. The molecule has 0 aliphatic carbocycles. The molecule has 1 unspecified atom stereocenters. The highest BCUT2D eigenvalue weighted by molar-refractivity contribution is 14.0. The number of amides is 1. The van der Waals surface area contributed by atoms with Gasteiger partial charge in [-0.05, 0) is 29.3 Å². The summed E-state index contributed by atoms with van der Waals surface area (Å²) in [6.07, 6.45) is 0.461. The van der Waals surface area contributed by atoms with Gasteiger partial charge in [0.25, 0.3) is 0 Å². The van der Waals surface area contributed by atoms with Crippen LogP contribution in [-0.2, 0) is 11.3 Å². The summed E-state index contributed by atoms with van der Waals surface area (Å²) in [7, 11) is 1.73. The number of guanidine groups is 1. The predicted molar refractivity (Wildman–Crippen MR) is 119 cm³/mol. The lowest BCUT2D eigenvalue weighted by molar-refractivity contribution is -0.116. The van der Waals surface area contributed by atoms with Gasteiger partial charge in [0.15, 0.2) is 17.5 Å². The van der Waals surface area contributed by atoms with Gasteiger partial charge in [-0.2, -0.15) is 0 Å². The Kier molecular flexibility index (Phi) is 6.61. The maximum absolute atomic E-state index is 11.9. The average molecular weight is 494 g/mol. The van der Waals surface area contributed by atoms with E-state index in [9.17, 15) is 4.79 Å². The standard InChI is InChI=1S/C20H22N4O3.HI/c1-21-20(22-10-13-6-7-17-18(8-13)27-12-26-17)23-11-14-9-19(25)24-16-5-3-2-4-15(14)16;/h2-8,14H,9-12H2,1H3,(H,24,25)(H2,21,22,23);1H. The minimum absolute atomic E-state index is 0. The molecular weight excluding hydrogens is 471 g/mol. The fraction of sp³-hybridized carbons (Fsp3) is 0.300. The summed E-state index contributed by atoms with van der Waals surface area (Å²) in [4.78, 5) is 16.2. The maximum atomic E-state index is 11.9. The van der Waals surface area contributed by atoms with Crippen LogP contribution in [0.5, 0.6) is 11.5 Å². The van der Waals surface area contributed by atoms with Gasteiger partial charge in [0, 0.05) is 38.2 Å². The van der Waals surface area contributed by atoms with Gasteiger partial charge in [-0.3, -0.25) is 9.79 Å². The predicted octanol–water partition coefficient (Wildman–Crippen LogP) is 2.82. The molecule has 0 fully saturated rings. The number of anilines is 1. The summed E-state index contributed by atoms with van der Waals surface area (Å²) in [5, 5.41) is 9.54. The van der Waals surface area contributed by atoms with Crippen LogP contribution in [0.15, 0.2) is 47.5 Å². The van der Waals surface area contributed by atoms with Crippen LogP contribution < -0.4 is 25.4 Å². The zero-order valence-corrected chi connectivity index (χ0v) is 17.9. The monoisotopic (exact) mass is 494 g/mol. The van der Waals surface area contributed by atoms with E-state index in [4.69, 9.17) is 9.47 Å². The number of carbonyl (C=O) groups is 1. The third kappa shape index (κ3) is 4.49. The Morgan fingerprint density at radius 2 is 2.00 bits per heavy atom. The second kappa shape index (κ2) is 9.13. The summed E-state index contributed by atoms with van der Waals surface area (Å²) >= 11 is 0. The molecule has 28 heavy (non-hydrogen) atoms. The van der Waals surface area contributed by atoms with Gasteiger partial charge in [-0.1, -0.05) is 24.3 Å². The van der Waals surface area contributed by atoms with E-state index in [-0.39, 0.29) is 42.6 Å². The van der Waals surface area contributed by atoms with Crippen molar-refractivity contribution in [2.75, 3.05) is 25.7 Å². The van der Waals surface area contributed by atoms with E-state index in [0.717, 1.165) is 28.3 Å². The van der Waals surface area contributed by atoms with Crippen molar-refractivity contribution in [3.05, 3.63) is 53.6 Å². The number of nitrogens with zero attached hydrogens (tertiary/aromatic N) is 1. The Morgan fingerprint density at radius 1 is 1.18 bits per heavy atom. The number of fused-ring (bicyclic) bond motifs is 2. The van der Waals surface area contributed by atoms with Crippen LogP contribution >= 0.6 is 24.0 Å². The molecule has 0 aromatic heterocycles. The van der Waals surface area contributed by atoms with Crippen molar-refractivity contribution < 1.29 is 14.3 Å². The van der Waals surface area contributed by atoms with E-state index in [2.05, 4.69) is 27.0 Å². The number of ether oxygens (including phenoxy) is 2. The molecule has 0 spiro atoms. The second-order valence-electron chi connectivity index (χ2n) is 6.53. The van der Waals surface area contributed by atoms with Crippen molar-refractivity contribution in [3.8, 4) is 11.5 Å². The topological polar surface area (TPSA) is 84.0 Å². The number of aliphatic imine (C=N–C) groups is 1. The zero-order valence-electron chi connectivity index (χ0n) is 15.5. The summed E-state index contributed by atoms with van der Waals surface area (Å²) in [6, 6.07) is 13.8. The van der Waals surface area contributed by atoms with Gasteiger partial charge in [0.05, 0.1) is 0 Å². The second-order valence-corrected chi connectivity index (χ2v) is 6.53. The molecule has 2 aromatic carbocycles. The summed E-state index contributed by atoms with van der Waals surface area (Å²) in [5.74, 6) is 2.39. The first-order valence-electron chi connectivity index (χ1n) is 8.95. The Bertz CT molecular complexity index is 888. The van der Waals surface area contributed by atoms with Crippen molar-refractivity contribution in [2.45, 2.75) is 18.9 Å². The molecule has 1 atom stereocenters. The van der Waals surface area contributed by atoms with Gasteiger partial charge >= 0.3 is 0 Å². The first kappa shape index (κ1) is 20.2. The summed E-state index contributed by atoms with van der Waals surface area (Å²) in [5.41, 5.74) is 3.12. The molecule has 0 radical (unpaired) electrons. The van der Waals surface area contributed by atoms with E-state index >= 15 is 0 Å². The van der Waals surface area contributed by atoms with Crippen LogP contribution in [0.2, 0.25) is 0 Å². The molecule has 2 aromatic rings. The molecule has 7 nitrogen and oxygen atoms in total. The number of rotatable bonds is 4. The van der Waals surface area contributed by atoms with Gasteiger partial charge in [0.2, 0.25) is 12.7 Å². The number of carbonyl (C=O) groups excluding carboxylic acids is 1. The summed E-state index contributed by atoms with van der Waals surface area (Å²) in [6.45, 7) is 1.51. The van der Waals surface area contributed by atoms with Crippen molar-refractivity contribution in [2.24, 2.45) is 4.99 Å². The molecule has 2 aliphatic rings. The third-order valence-electron chi connectivity index (χ3n) is 4.74. The molecule has 3 N–H and O–H groups in total. The minimum Gasteiger partial charge on any atom is -0.454 e. The van der Waals surface area contributed by atoms with Crippen LogP contribution in [0.3, 0.4) is 0 Å². The quantitative estimate of drug-likeness (QED) is 0.346. The number of para-hydroxylation sites is 1. The van der Waals surface area contributed by atoms with Gasteiger partial charge < -0.3 is 25.4 Å². The molecule has 0 saturated heterocycles. The maximum Gasteiger partial charge on any atom is 0.231 e. The summed E-state index contributed by atoms with van der Waals surface area (Å²) < 4.78 is 10.7. The Balaban J connectivity index is 0.00000225. The van der Waals surface area contributed by atoms with Crippen LogP contribution in [-0.4, -0.2) is 32.3 Å². The van der Waals surface area contributed by atoms with E-state index in [0.29, 0.717) is 25.5 Å². The lowest BCUT2D eigenvalue weighted by Gasteiger charge is -2.26. The SMILES string of the molecule is CN=C(NCc1ccc2c(c1)OCO2)NCC1CC(=O)Nc2ccccc21.I. The van der Waals surface area contributed by atoms with Crippen molar-refractivity contribution in [1.29, 1.82) is 0 Å². The molecule has 1 amide bonds. The molecule has 148 valence electrons. The van der Waals surface area contributed by atoms with Crippen LogP contribution in [0, 0.1) is 0 Å². The molecule has 8 heteroatoms. The molecule has 2 heterocycles. The highest BCUT2D eigenvalue weighted by Gasteiger charge is 2.24. The number of nitrogens with one attached hydrogen (secondary N) is 3. The van der Waals surface area contributed by atoms with E-state index in [1.165, 1.54) is 0 Å². The van der Waals surface area contributed by atoms with Gasteiger partial charge in [-0.25, -0.2) is 0 Å². The van der Waals surface area contributed by atoms with Crippen LogP contribution in [0.25, 0.3) is 0 Å². The Morgan fingerprint density at radius 3 is 2.86 bits per heavy atom. The Labute approximate surface area is 180 Å². The highest BCUT2D eigenvalue weighted by Crippen LogP contribution is 2.33. The van der Waals surface area contributed by atoms with Crippen molar-refractivity contribution in [3.63, 3.8) is 0 Å². The first-order valence-corrected chi connectivity index (χ1v) is 8.95. The van der Waals surface area contributed by atoms with E-state index in [1.54, 1.807) is 7.05 Å². The fourth-order valence-corrected chi connectivity index (χ4v) is 3.36. The minimum atomic E-state index is 0. The number of halogens is 1. The van der Waals surface area contributed by atoms with E-state index < -0.39 is 0 Å². The molecule has 4 rings (SSSR count). The van der Waals surface area contributed by atoms with Gasteiger partial charge in [0.1, 0.15) is 0 Å². The lowest BCUT2D eigenvalue weighted by atomic mass is 9.90. The van der Waals surface area contributed by atoms with E-state index in [1.807, 2.05) is 36.4 Å². The van der Waals surface area contributed by atoms with Crippen LogP contribution in [0.4, 0.5) is 5.69 Å². The normalized spacial score (nSPS) is 17.2. The smallest absolute Gasteiger partial charge is 0.231 e.